The fourth-order valence-electron chi connectivity index (χ4n) is 3.59. The summed E-state index contributed by atoms with van der Waals surface area (Å²) in [6.45, 7) is 1.77. The van der Waals surface area contributed by atoms with Gasteiger partial charge in [0.2, 0.25) is 5.91 Å². The molecule has 0 spiro atoms. The molecule has 4 rings (SSSR count). The lowest BCUT2D eigenvalue weighted by molar-refractivity contribution is -0.137. The van der Waals surface area contributed by atoms with Crippen LogP contribution in [0.4, 0.5) is 18.2 Å². The summed E-state index contributed by atoms with van der Waals surface area (Å²) < 4.78 is 38.8. The Bertz CT molecular complexity index is 1070. The van der Waals surface area contributed by atoms with Crippen molar-refractivity contribution in [2.75, 3.05) is 12.4 Å². The Morgan fingerprint density at radius 3 is 2.87 bits per heavy atom. The van der Waals surface area contributed by atoms with Crippen molar-refractivity contribution >= 4 is 28.0 Å². The zero-order valence-electron chi connectivity index (χ0n) is 16.3. The second-order valence-corrected chi connectivity index (χ2v) is 8.28. The fourth-order valence-corrected chi connectivity index (χ4v) is 4.59. The minimum atomic E-state index is -4.38. The number of benzene rings is 1. The van der Waals surface area contributed by atoms with Gasteiger partial charge < -0.3 is 5.32 Å². The highest BCUT2D eigenvalue weighted by Crippen LogP contribution is 2.32. The maximum Gasteiger partial charge on any atom is 0.416 e. The number of fused-ring (bicyclic) bond motifs is 1. The molecule has 1 aromatic carbocycles. The van der Waals surface area contributed by atoms with Crippen LogP contribution >= 0.6 is 11.3 Å². The Morgan fingerprint density at radius 2 is 2.10 bits per heavy atom. The summed E-state index contributed by atoms with van der Waals surface area (Å²) in [6.07, 6.45) is 3.50. The Labute approximate surface area is 175 Å². The first-order valence-corrected chi connectivity index (χ1v) is 10.1. The summed E-state index contributed by atoms with van der Waals surface area (Å²) in [5.41, 5.74) is 1.31. The summed E-state index contributed by atoms with van der Waals surface area (Å²) >= 11 is 1.27. The topological polar surface area (TPSA) is 57.6 Å². The van der Waals surface area contributed by atoms with E-state index >= 15 is 0 Å². The van der Waals surface area contributed by atoms with Gasteiger partial charge in [0, 0.05) is 13.5 Å². The normalized spacial score (nSPS) is 20.3. The van der Waals surface area contributed by atoms with Gasteiger partial charge in [-0.2, -0.15) is 18.3 Å². The Hall–Kier alpha value is -2.94. The molecule has 5 nitrogen and oxygen atoms in total. The van der Waals surface area contributed by atoms with E-state index in [1.54, 1.807) is 25.0 Å². The predicted octanol–water partition coefficient (Wildman–Crippen LogP) is 4.41. The molecule has 1 aromatic heterocycles. The van der Waals surface area contributed by atoms with E-state index in [0.29, 0.717) is 21.3 Å². The average Bonchev–Trinajstić information content (AvgIpc) is 3.19. The number of rotatable bonds is 4. The maximum atomic E-state index is 12.9. The van der Waals surface area contributed by atoms with Crippen molar-refractivity contribution in [3.8, 4) is 0 Å². The molecule has 2 atom stereocenters. The molecular formula is C21H19F3N4OS. The average molecular weight is 432 g/mol. The molecular weight excluding hydrogens is 413 g/mol. The lowest BCUT2D eigenvalue weighted by atomic mass is 9.91. The number of hydrogen-bond donors (Lipinski definition) is 1. The predicted molar refractivity (Wildman–Crippen MR) is 110 cm³/mol. The molecule has 0 bridgehead atoms. The van der Waals surface area contributed by atoms with Crippen molar-refractivity contribution < 1.29 is 18.0 Å². The first-order chi connectivity index (χ1) is 14.2. The zero-order valence-corrected chi connectivity index (χ0v) is 17.1. The second-order valence-electron chi connectivity index (χ2n) is 7.20. The minimum absolute atomic E-state index is 0.113. The van der Waals surface area contributed by atoms with Crippen molar-refractivity contribution in [3.63, 3.8) is 0 Å². The van der Waals surface area contributed by atoms with Gasteiger partial charge in [-0.25, -0.2) is 4.98 Å². The van der Waals surface area contributed by atoms with Crippen LogP contribution in [0.2, 0.25) is 0 Å². The zero-order chi connectivity index (χ0) is 21.5. The number of alkyl halides is 3. The van der Waals surface area contributed by atoms with Crippen LogP contribution in [0.3, 0.4) is 0 Å². The van der Waals surface area contributed by atoms with Crippen LogP contribution in [-0.2, 0) is 17.4 Å². The number of likely N-dealkylation sites (N-methyl/N-ethyl adjacent to an activating group) is 1. The Kier molecular flexibility index (Phi) is 5.23. The molecule has 0 saturated heterocycles. The highest BCUT2D eigenvalue weighted by Gasteiger charge is 2.39. The number of nitrogens with zero attached hydrogens (tertiary/aromatic N) is 3. The van der Waals surface area contributed by atoms with Gasteiger partial charge in [0.15, 0.2) is 0 Å². The Morgan fingerprint density at radius 1 is 1.30 bits per heavy atom. The van der Waals surface area contributed by atoms with Crippen molar-refractivity contribution in [2.24, 2.45) is 11.0 Å². The van der Waals surface area contributed by atoms with E-state index in [1.807, 2.05) is 24.3 Å². The molecule has 0 radical (unpaired) electrons. The van der Waals surface area contributed by atoms with Crippen LogP contribution in [0.25, 0.3) is 0 Å². The highest BCUT2D eigenvalue weighted by atomic mass is 32.1. The first kappa shape index (κ1) is 20.3. The smallest absolute Gasteiger partial charge is 0.314 e. The van der Waals surface area contributed by atoms with Gasteiger partial charge in [-0.1, -0.05) is 36.4 Å². The van der Waals surface area contributed by atoms with Gasteiger partial charge >= 0.3 is 6.18 Å². The molecule has 1 aliphatic carbocycles. The number of anilines is 1. The van der Waals surface area contributed by atoms with Crippen molar-refractivity contribution in [1.29, 1.82) is 0 Å². The number of halogens is 3. The second kappa shape index (κ2) is 7.71. The van der Waals surface area contributed by atoms with E-state index in [2.05, 4.69) is 15.4 Å². The number of allylic oxidation sites excluding steroid dienone is 3. The molecule has 0 saturated carbocycles. The first-order valence-electron chi connectivity index (χ1n) is 9.32. The molecule has 1 unspecified atom stereocenters. The molecule has 2 aromatic rings. The number of aromatic nitrogens is 1. The molecule has 0 fully saturated rings. The van der Waals surface area contributed by atoms with Crippen LogP contribution < -0.4 is 5.32 Å². The molecule has 1 amide bonds. The van der Waals surface area contributed by atoms with Crippen molar-refractivity contribution in [3.05, 3.63) is 70.4 Å². The quantitative estimate of drug-likeness (QED) is 0.779. The lowest BCUT2D eigenvalue weighted by Gasteiger charge is -2.22. The Balaban J connectivity index is 1.48. The molecule has 2 heterocycles. The molecule has 1 aliphatic heterocycles. The third-order valence-corrected chi connectivity index (χ3v) is 6.08. The lowest BCUT2D eigenvalue weighted by Crippen LogP contribution is -2.41. The van der Waals surface area contributed by atoms with Gasteiger partial charge in [-0.15, -0.1) is 11.3 Å². The number of nitrogens with one attached hydrogen (secondary N) is 1. The number of hydrogen-bond acceptors (Lipinski definition) is 5. The molecule has 156 valence electrons. The molecule has 1 N–H and O–H groups in total. The molecule has 2 aliphatic rings. The summed E-state index contributed by atoms with van der Waals surface area (Å²) in [4.78, 5) is 17.4. The van der Waals surface area contributed by atoms with Crippen molar-refractivity contribution in [2.45, 2.75) is 25.6 Å². The van der Waals surface area contributed by atoms with Gasteiger partial charge in [-0.3, -0.25) is 9.80 Å². The van der Waals surface area contributed by atoms with Gasteiger partial charge in [0.25, 0.3) is 0 Å². The molecule has 30 heavy (non-hydrogen) atoms. The summed E-state index contributed by atoms with van der Waals surface area (Å²) in [5, 5.41) is 10.2. The summed E-state index contributed by atoms with van der Waals surface area (Å²) in [5.74, 6) is -0.309. The van der Waals surface area contributed by atoms with E-state index < -0.39 is 17.8 Å². The molecule has 9 heteroatoms. The van der Waals surface area contributed by atoms with Crippen LogP contribution in [0.1, 0.15) is 21.8 Å². The number of amides is 1. The van der Waals surface area contributed by atoms with E-state index in [1.165, 1.54) is 17.4 Å². The minimum Gasteiger partial charge on any atom is -0.314 e. The van der Waals surface area contributed by atoms with Crippen molar-refractivity contribution in [1.82, 2.24) is 9.99 Å². The number of hydrazone groups is 1. The summed E-state index contributed by atoms with van der Waals surface area (Å²) in [6, 6.07) is 4.74. The highest BCUT2D eigenvalue weighted by molar-refractivity contribution is 7.16. The van der Waals surface area contributed by atoms with E-state index in [0.717, 1.165) is 17.8 Å². The fraction of sp³-hybridized carbons (Fsp3) is 0.286. The van der Waals surface area contributed by atoms with Gasteiger partial charge in [0.05, 0.1) is 27.9 Å². The number of carbonyl (C=O) groups excluding carboxylic acids is 1. The van der Waals surface area contributed by atoms with E-state index in [4.69, 9.17) is 0 Å². The number of thiazole rings is 1. The third kappa shape index (κ3) is 4.02. The van der Waals surface area contributed by atoms with E-state index in [9.17, 15) is 18.0 Å². The standard InChI is InChI=1S/C21H19F3N4OS/c1-12-20(26-19(29)18-15-8-3-4-9-16(15)27-28(18)2)30-17(25-12)11-13-6-5-7-14(10-13)21(22,23)24/h3-10,15,18H,11H2,1-2H3,(H,26,29)/t15-,18?/m1/s1. The number of carbonyl (C=O) groups is 1. The van der Waals surface area contributed by atoms with Crippen LogP contribution in [0.5, 0.6) is 0 Å². The van der Waals surface area contributed by atoms with Crippen LogP contribution in [0, 0.1) is 12.8 Å². The van der Waals surface area contributed by atoms with Gasteiger partial charge in [-0.05, 0) is 24.6 Å². The van der Waals surface area contributed by atoms with Crippen LogP contribution in [-0.4, -0.2) is 34.7 Å². The SMILES string of the molecule is Cc1nc(Cc2cccc(C(F)(F)F)c2)sc1NC(=O)C1[C@@H]2C=CC=CC2=NN1C. The maximum absolute atomic E-state index is 12.9. The monoisotopic (exact) mass is 432 g/mol. The largest absolute Gasteiger partial charge is 0.416 e. The summed E-state index contributed by atoms with van der Waals surface area (Å²) in [7, 11) is 1.76. The third-order valence-electron chi connectivity index (χ3n) is 5.01. The van der Waals surface area contributed by atoms with E-state index in [-0.39, 0.29) is 18.2 Å². The number of aryl methyl sites for hydroxylation is 1. The van der Waals surface area contributed by atoms with Crippen LogP contribution in [0.15, 0.2) is 53.7 Å². The van der Waals surface area contributed by atoms with Gasteiger partial charge in [0.1, 0.15) is 11.0 Å².